The molecule has 38 heavy (non-hydrogen) atoms. The average molecular weight is 531 g/mol. The van der Waals surface area contributed by atoms with Crippen LogP contribution in [0, 0.1) is 5.41 Å². The van der Waals surface area contributed by atoms with Crippen LogP contribution >= 0.6 is 0 Å². The molecule has 0 spiro atoms. The van der Waals surface area contributed by atoms with Crippen molar-refractivity contribution < 1.29 is 37.0 Å². The maximum absolute atomic E-state index is 14.9. The van der Waals surface area contributed by atoms with Crippen LogP contribution in [0.25, 0.3) is 0 Å². The van der Waals surface area contributed by atoms with Crippen molar-refractivity contribution in [3.8, 4) is 11.5 Å². The monoisotopic (exact) mass is 530 g/mol. The van der Waals surface area contributed by atoms with E-state index in [1.165, 1.54) is 38.5 Å². The quantitative estimate of drug-likeness (QED) is 0.572. The Kier molecular flexibility index (Phi) is 7.03. The van der Waals surface area contributed by atoms with Crippen molar-refractivity contribution in [2.75, 3.05) is 20.8 Å². The minimum Gasteiger partial charge on any atom is -0.493 e. The number of nitrogens with one attached hydrogen (secondary N) is 1. The number of ketones is 1. The zero-order chi connectivity index (χ0) is 27.9. The van der Waals surface area contributed by atoms with Crippen LogP contribution in [0.15, 0.2) is 59.8 Å². The number of halogens is 3. The Bertz CT molecular complexity index is 1300. The van der Waals surface area contributed by atoms with E-state index in [0.717, 1.165) is 4.90 Å². The minimum atomic E-state index is -5.26. The van der Waals surface area contributed by atoms with Gasteiger partial charge in [-0.15, -0.1) is 0 Å². The largest absolute Gasteiger partial charge is 0.493 e. The van der Waals surface area contributed by atoms with Gasteiger partial charge in [0.15, 0.2) is 17.3 Å². The van der Waals surface area contributed by atoms with E-state index in [1.807, 2.05) is 5.32 Å². The molecule has 1 aliphatic carbocycles. The first kappa shape index (κ1) is 27.2. The van der Waals surface area contributed by atoms with Gasteiger partial charge < -0.3 is 19.7 Å². The number of alkyl halides is 3. The molecule has 2 amide bonds. The third kappa shape index (κ3) is 4.63. The standard InChI is InChI=1S/C28H29F3N2O5/c1-26(2)15-19-23(20(34)16-26)27(28(29,30)31,32-24(35)18-8-6-5-7-9-18)25(36)33(19)13-12-17-10-11-21(37-3)22(14-17)38-4/h5-11,14H,12-13,15-16H2,1-4H3,(H,32,35)/t27-/m1/s1. The maximum Gasteiger partial charge on any atom is 0.425 e. The van der Waals surface area contributed by atoms with Gasteiger partial charge in [-0.3, -0.25) is 14.4 Å². The number of nitrogens with zero attached hydrogens (tertiary/aromatic N) is 1. The van der Waals surface area contributed by atoms with Crippen molar-refractivity contribution in [2.24, 2.45) is 5.41 Å². The highest BCUT2D eigenvalue weighted by atomic mass is 19.4. The van der Waals surface area contributed by atoms with Crippen molar-refractivity contribution in [1.29, 1.82) is 0 Å². The Morgan fingerprint density at radius 3 is 2.26 bits per heavy atom. The van der Waals surface area contributed by atoms with E-state index in [2.05, 4.69) is 0 Å². The highest BCUT2D eigenvalue weighted by Gasteiger charge is 2.71. The molecule has 4 rings (SSSR count). The van der Waals surface area contributed by atoms with Crippen LogP contribution in [0.1, 0.15) is 42.6 Å². The fourth-order valence-corrected chi connectivity index (χ4v) is 5.17. The lowest BCUT2D eigenvalue weighted by Crippen LogP contribution is -2.66. The molecule has 10 heteroatoms. The number of benzene rings is 2. The van der Waals surface area contributed by atoms with Gasteiger partial charge in [-0.05, 0) is 48.1 Å². The van der Waals surface area contributed by atoms with Crippen molar-refractivity contribution >= 4 is 17.6 Å². The van der Waals surface area contributed by atoms with Gasteiger partial charge in [0, 0.05) is 24.2 Å². The Morgan fingerprint density at radius 2 is 1.66 bits per heavy atom. The fraction of sp³-hybridized carbons (Fsp3) is 0.393. The lowest BCUT2D eigenvalue weighted by Gasteiger charge is -2.35. The highest BCUT2D eigenvalue weighted by molar-refractivity contribution is 6.14. The second kappa shape index (κ2) is 9.81. The summed E-state index contributed by atoms with van der Waals surface area (Å²) in [4.78, 5) is 41.0. The van der Waals surface area contributed by atoms with E-state index in [0.29, 0.717) is 17.1 Å². The van der Waals surface area contributed by atoms with Crippen LogP contribution in [0.4, 0.5) is 13.2 Å². The van der Waals surface area contributed by atoms with Gasteiger partial charge in [0.1, 0.15) is 0 Å². The van der Waals surface area contributed by atoms with Crippen molar-refractivity contribution in [1.82, 2.24) is 10.2 Å². The molecule has 2 aromatic carbocycles. The SMILES string of the molecule is COc1ccc(CCN2C(=O)[C@@](NC(=O)c3ccccc3)(C(F)(F)F)C3=C2CC(C)(C)CC3=O)cc1OC. The first-order valence-corrected chi connectivity index (χ1v) is 12.1. The molecule has 1 atom stereocenters. The molecule has 0 radical (unpaired) electrons. The summed E-state index contributed by atoms with van der Waals surface area (Å²) in [5, 5.41) is 1.95. The number of carbonyl (C=O) groups excluding carboxylic acids is 3. The maximum atomic E-state index is 14.9. The second-order valence-corrected chi connectivity index (χ2v) is 10.2. The molecule has 202 valence electrons. The third-order valence-corrected chi connectivity index (χ3v) is 6.95. The van der Waals surface area contributed by atoms with E-state index >= 15 is 0 Å². The Morgan fingerprint density at radius 1 is 1.00 bits per heavy atom. The van der Waals surface area contributed by atoms with Crippen molar-refractivity contribution in [2.45, 2.75) is 44.8 Å². The molecule has 0 saturated carbocycles. The molecule has 1 heterocycles. The summed E-state index contributed by atoms with van der Waals surface area (Å²) in [7, 11) is 2.95. The van der Waals surface area contributed by atoms with Crippen LogP contribution in [-0.2, 0) is 16.0 Å². The fourth-order valence-electron chi connectivity index (χ4n) is 5.17. The normalized spacial score (nSPS) is 20.9. The molecule has 2 aromatic rings. The Balaban J connectivity index is 1.77. The minimum absolute atomic E-state index is 0.00223. The average Bonchev–Trinajstić information content (AvgIpc) is 3.09. The summed E-state index contributed by atoms with van der Waals surface area (Å²) in [6.07, 6.45) is -5.19. The number of methoxy groups -OCH3 is 2. The lowest BCUT2D eigenvalue weighted by molar-refractivity contribution is -0.190. The van der Waals surface area contributed by atoms with Crippen LogP contribution in [0.2, 0.25) is 0 Å². The molecule has 0 unspecified atom stereocenters. The smallest absolute Gasteiger partial charge is 0.425 e. The first-order chi connectivity index (χ1) is 17.8. The predicted octanol–water partition coefficient (Wildman–Crippen LogP) is 4.46. The zero-order valence-corrected chi connectivity index (χ0v) is 21.6. The Hall–Kier alpha value is -3.82. The molecule has 7 nitrogen and oxygen atoms in total. The number of hydrogen-bond donors (Lipinski definition) is 1. The number of hydrogen-bond acceptors (Lipinski definition) is 5. The number of amides is 2. The van der Waals surface area contributed by atoms with E-state index in [1.54, 1.807) is 38.1 Å². The molecular weight excluding hydrogens is 501 g/mol. The summed E-state index contributed by atoms with van der Waals surface area (Å²) in [5.41, 5.74) is -4.19. The van der Waals surface area contributed by atoms with E-state index in [-0.39, 0.29) is 37.1 Å². The number of allylic oxidation sites excluding steroid dienone is 1. The second-order valence-electron chi connectivity index (χ2n) is 10.2. The summed E-state index contributed by atoms with van der Waals surface area (Å²) < 4.78 is 55.3. The molecule has 2 aliphatic rings. The van der Waals surface area contributed by atoms with E-state index in [4.69, 9.17) is 9.47 Å². The third-order valence-electron chi connectivity index (χ3n) is 6.95. The lowest BCUT2D eigenvalue weighted by atomic mass is 9.72. The van der Waals surface area contributed by atoms with Gasteiger partial charge in [0.05, 0.1) is 19.8 Å². The van der Waals surface area contributed by atoms with Crippen molar-refractivity contribution in [3.63, 3.8) is 0 Å². The summed E-state index contributed by atoms with van der Waals surface area (Å²) >= 11 is 0. The number of carbonyl (C=O) groups is 3. The number of Topliss-reactive ketones (excluding diaryl/α,β-unsaturated/α-hetero) is 1. The summed E-state index contributed by atoms with van der Waals surface area (Å²) in [6, 6.07) is 12.4. The van der Waals surface area contributed by atoms with E-state index < -0.39 is 40.3 Å². The molecule has 0 fully saturated rings. The Labute approximate surface area is 218 Å². The molecule has 0 aromatic heterocycles. The van der Waals surface area contributed by atoms with Gasteiger partial charge in [-0.2, -0.15) is 13.2 Å². The van der Waals surface area contributed by atoms with Gasteiger partial charge in [0.2, 0.25) is 5.54 Å². The van der Waals surface area contributed by atoms with Crippen LogP contribution < -0.4 is 14.8 Å². The van der Waals surface area contributed by atoms with Gasteiger partial charge >= 0.3 is 6.18 Å². The molecule has 0 bridgehead atoms. The van der Waals surface area contributed by atoms with Gasteiger partial charge in [0.25, 0.3) is 11.8 Å². The zero-order valence-electron chi connectivity index (χ0n) is 21.6. The van der Waals surface area contributed by atoms with Crippen LogP contribution in [0.5, 0.6) is 11.5 Å². The van der Waals surface area contributed by atoms with Crippen LogP contribution in [-0.4, -0.2) is 55.0 Å². The highest BCUT2D eigenvalue weighted by Crippen LogP contribution is 2.51. The molecule has 1 aliphatic heterocycles. The van der Waals surface area contributed by atoms with E-state index in [9.17, 15) is 27.6 Å². The van der Waals surface area contributed by atoms with Gasteiger partial charge in [-0.1, -0.05) is 38.1 Å². The topological polar surface area (TPSA) is 84.9 Å². The van der Waals surface area contributed by atoms with Crippen LogP contribution in [0.3, 0.4) is 0 Å². The first-order valence-electron chi connectivity index (χ1n) is 12.1. The summed E-state index contributed by atoms with van der Waals surface area (Å²) in [6.45, 7) is 3.40. The molecule has 0 saturated heterocycles. The summed E-state index contributed by atoms with van der Waals surface area (Å²) in [5.74, 6) is -2.36. The molecular formula is C28H29F3N2O5. The van der Waals surface area contributed by atoms with Crippen molar-refractivity contribution in [3.05, 3.63) is 70.9 Å². The number of rotatable bonds is 7. The molecule has 1 N–H and O–H groups in total. The predicted molar refractivity (Wildman–Crippen MR) is 133 cm³/mol. The van der Waals surface area contributed by atoms with Gasteiger partial charge in [-0.25, -0.2) is 0 Å². The number of ether oxygens (including phenoxy) is 2.